The van der Waals surface area contributed by atoms with Crippen LogP contribution in [0.5, 0.6) is 0 Å². The molecule has 0 aliphatic heterocycles. The first kappa shape index (κ1) is 33.2. The van der Waals surface area contributed by atoms with Gasteiger partial charge in [-0.15, -0.1) is 0 Å². The van der Waals surface area contributed by atoms with Crippen LogP contribution in [0.2, 0.25) is 0 Å². The maximum Gasteiger partial charge on any atom is 0.326 e. The van der Waals surface area contributed by atoms with Gasteiger partial charge in [-0.3, -0.25) is 28.8 Å². The van der Waals surface area contributed by atoms with E-state index in [0.717, 1.165) is 0 Å². The van der Waals surface area contributed by atoms with Gasteiger partial charge in [0, 0.05) is 19.3 Å². The zero-order valence-electron chi connectivity index (χ0n) is 20.3. The summed E-state index contributed by atoms with van der Waals surface area (Å²) in [7, 11) is 0. The number of carbonyl (C=O) groups excluding carboxylic acids is 4. The molecule has 0 bridgehead atoms. The second-order valence-corrected chi connectivity index (χ2v) is 8.28. The van der Waals surface area contributed by atoms with Crippen molar-refractivity contribution in [1.29, 1.82) is 0 Å². The van der Waals surface area contributed by atoms with Crippen LogP contribution >= 0.6 is 0 Å². The molecule has 16 nitrogen and oxygen atoms in total. The Hall–Kier alpha value is -3.79. The van der Waals surface area contributed by atoms with E-state index >= 15 is 0 Å². The molecule has 4 amide bonds. The van der Waals surface area contributed by atoms with Crippen LogP contribution in [0.3, 0.4) is 0 Å². The summed E-state index contributed by atoms with van der Waals surface area (Å²) in [6, 6.07) is -5.47. The Bertz CT molecular complexity index is 837. The summed E-state index contributed by atoms with van der Waals surface area (Å²) in [4.78, 5) is 82.3. The van der Waals surface area contributed by atoms with Gasteiger partial charge >= 0.3 is 17.9 Å². The molecule has 0 aliphatic rings. The fourth-order valence-corrected chi connectivity index (χ4v) is 3.08. The Morgan fingerprint density at radius 2 is 1.08 bits per heavy atom. The maximum atomic E-state index is 12.9. The molecule has 37 heavy (non-hydrogen) atoms. The zero-order valence-corrected chi connectivity index (χ0v) is 20.3. The van der Waals surface area contributed by atoms with Gasteiger partial charge in [-0.1, -0.05) is 0 Å². The SMILES string of the molecule is NCCCCC(NC(=O)C(CCC(=O)O)NC(=O)C(N)CCC(=O)O)C(=O)NC(CCC(N)=O)C(=O)O. The molecule has 0 saturated carbocycles. The first-order chi connectivity index (χ1) is 17.3. The molecule has 0 spiro atoms. The summed E-state index contributed by atoms with van der Waals surface area (Å²) >= 11 is 0. The second-order valence-electron chi connectivity index (χ2n) is 8.28. The van der Waals surface area contributed by atoms with Crippen LogP contribution in [-0.4, -0.2) is 87.6 Å². The van der Waals surface area contributed by atoms with Crippen LogP contribution < -0.4 is 33.2 Å². The predicted molar refractivity (Wildman–Crippen MR) is 126 cm³/mol. The number of hydrogen-bond acceptors (Lipinski definition) is 9. The molecule has 12 N–H and O–H groups in total. The lowest BCUT2D eigenvalue weighted by atomic mass is 10.0. The van der Waals surface area contributed by atoms with Crippen LogP contribution in [0.25, 0.3) is 0 Å². The quantitative estimate of drug-likeness (QED) is 0.0708. The van der Waals surface area contributed by atoms with Gasteiger partial charge in [-0.05, 0) is 45.1 Å². The lowest BCUT2D eigenvalue weighted by molar-refractivity contribution is -0.143. The number of rotatable bonds is 20. The molecular weight excluding hydrogens is 496 g/mol. The fourth-order valence-electron chi connectivity index (χ4n) is 3.08. The van der Waals surface area contributed by atoms with E-state index < -0.39 is 78.5 Å². The highest BCUT2D eigenvalue weighted by atomic mass is 16.4. The van der Waals surface area contributed by atoms with E-state index in [-0.39, 0.29) is 38.6 Å². The number of hydrogen-bond donors (Lipinski definition) is 9. The van der Waals surface area contributed by atoms with Gasteiger partial charge in [-0.2, -0.15) is 0 Å². The average molecular weight is 533 g/mol. The Morgan fingerprint density at radius 3 is 1.57 bits per heavy atom. The second kappa shape index (κ2) is 17.6. The number of carboxylic acids is 3. The number of aliphatic carboxylic acids is 3. The smallest absolute Gasteiger partial charge is 0.326 e. The van der Waals surface area contributed by atoms with Crippen molar-refractivity contribution in [3.63, 3.8) is 0 Å². The lowest BCUT2D eigenvalue weighted by Crippen LogP contribution is -2.57. The minimum atomic E-state index is -1.47. The lowest BCUT2D eigenvalue weighted by Gasteiger charge is -2.25. The topological polar surface area (TPSA) is 294 Å². The fraction of sp³-hybridized carbons (Fsp3) is 0.667. The van der Waals surface area contributed by atoms with Crippen LogP contribution in [-0.2, 0) is 33.6 Å². The molecule has 0 fully saturated rings. The minimum absolute atomic E-state index is 0.0364. The van der Waals surface area contributed by atoms with Crippen molar-refractivity contribution in [3.05, 3.63) is 0 Å². The molecule has 0 aromatic rings. The Morgan fingerprint density at radius 1 is 0.622 bits per heavy atom. The van der Waals surface area contributed by atoms with Crippen molar-refractivity contribution in [2.75, 3.05) is 6.54 Å². The van der Waals surface area contributed by atoms with E-state index in [9.17, 15) is 38.7 Å². The van der Waals surface area contributed by atoms with Gasteiger partial charge in [0.25, 0.3) is 0 Å². The number of nitrogens with two attached hydrogens (primary N) is 3. The summed E-state index contributed by atoms with van der Waals surface area (Å²) in [5, 5.41) is 33.9. The van der Waals surface area contributed by atoms with Gasteiger partial charge in [0.1, 0.15) is 18.1 Å². The van der Waals surface area contributed by atoms with Gasteiger partial charge in [0.2, 0.25) is 23.6 Å². The van der Waals surface area contributed by atoms with Crippen molar-refractivity contribution >= 4 is 41.5 Å². The molecular formula is C21H36N6O10. The van der Waals surface area contributed by atoms with Crippen molar-refractivity contribution in [3.8, 4) is 0 Å². The van der Waals surface area contributed by atoms with Gasteiger partial charge < -0.3 is 48.5 Å². The van der Waals surface area contributed by atoms with Crippen molar-refractivity contribution in [2.24, 2.45) is 17.2 Å². The zero-order chi connectivity index (χ0) is 28.5. The molecule has 0 heterocycles. The van der Waals surface area contributed by atoms with E-state index in [1.54, 1.807) is 0 Å². The summed E-state index contributed by atoms with van der Waals surface area (Å²) in [6.07, 6.45) is -1.27. The molecule has 4 atom stereocenters. The molecule has 16 heteroatoms. The monoisotopic (exact) mass is 532 g/mol. The summed E-state index contributed by atoms with van der Waals surface area (Å²) < 4.78 is 0. The Labute approximate surface area is 212 Å². The Balaban J connectivity index is 5.58. The summed E-state index contributed by atoms with van der Waals surface area (Å²) in [5.74, 6) is -7.37. The van der Waals surface area contributed by atoms with Gasteiger partial charge in [0.05, 0.1) is 6.04 Å². The Kier molecular flexibility index (Phi) is 15.8. The standard InChI is InChI=1S/C21H36N6O10/c22-10-2-1-3-12(19(34)27-14(21(36)37)5-7-15(24)28)26-20(35)13(6-9-17(31)32)25-18(33)11(23)4-8-16(29)30/h11-14H,1-10,22-23H2,(H2,24,28)(H,25,33)(H,26,35)(H,27,34)(H,29,30)(H,31,32)(H,36,37). The average Bonchev–Trinajstić information content (AvgIpc) is 2.81. The molecule has 4 unspecified atom stereocenters. The van der Waals surface area contributed by atoms with E-state index in [4.69, 9.17) is 27.4 Å². The normalized spacial score (nSPS) is 13.9. The third-order valence-electron chi connectivity index (χ3n) is 5.16. The predicted octanol–water partition coefficient (Wildman–Crippen LogP) is -3.02. The molecule has 0 saturated heterocycles. The maximum absolute atomic E-state index is 12.9. The highest BCUT2D eigenvalue weighted by Crippen LogP contribution is 2.07. The molecule has 0 radical (unpaired) electrons. The largest absolute Gasteiger partial charge is 0.481 e. The number of carboxylic acid groups (broad SMARTS) is 3. The summed E-state index contributed by atoms with van der Waals surface area (Å²) in [6.45, 7) is 0.282. The molecule has 0 rings (SSSR count). The molecule has 0 aliphatic carbocycles. The number of amides is 4. The van der Waals surface area contributed by atoms with Crippen LogP contribution in [0, 0.1) is 0 Å². The highest BCUT2D eigenvalue weighted by Gasteiger charge is 2.30. The first-order valence-corrected chi connectivity index (χ1v) is 11.6. The number of primary amides is 1. The first-order valence-electron chi connectivity index (χ1n) is 11.6. The van der Waals surface area contributed by atoms with Crippen molar-refractivity contribution in [1.82, 2.24) is 16.0 Å². The number of carbonyl (C=O) groups is 7. The third-order valence-corrected chi connectivity index (χ3v) is 5.16. The van der Waals surface area contributed by atoms with E-state index in [0.29, 0.717) is 12.8 Å². The minimum Gasteiger partial charge on any atom is -0.481 e. The van der Waals surface area contributed by atoms with E-state index in [1.165, 1.54) is 0 Å². The molecule has 0 aromatic carbocycles. The van der Waals surface area contributed by atoms with Crippen molar-refractivity contribution < 1.29 is 48.9 Å². The number of unbranched alkanes of at least 4 members (excludes halogenated alkanes) is 1. The molecule has 0 aromatic heterocycles. The molecule has 210 valence electrons. The third kappa shape index (κ3) is 15.0. The number of nitrogens with one attached hydrogen (secondary N) is 3. The van der Waals surface area contributed by atoms with E-state index in [1.807, 2.05) is 0 Å². The van der Waals surface area contributed by atoms with Crippen LogP contribution in [0.15, 0.2) is 0 Å². The summed E-state index contributed by atoms with van der Waals surface area (Å²) in [5.41, 5.74) is 16.1. The van der Waals surface area contributed by atoms with Crippen LogP contribution in [0.1, 0.15) is 57.8 Å². The van der Waals surface area contributed by atoms with Crippen molar-refractivity contribution in [2.45, 2.75) is 82.0 Å². The van der Waals surface area contributed by atoms with Gasteiger partial charge in [-0.25, -0.2) is 4.79 Å². The van der Waals surface area contributed by atoms with E-state index in [2.05, 4.69) is 16.0 Å². The van der Waals surface area contributed by atoms with Gasteiger partial charge in [0.15, 0.2) is 0 Å². The highest BCUT2D eigenvalue weighted by molar-refractivity contribution is 5.94. The van der Waals surface area contributed by atoms with Crippen LogP contribution in [0.4, 0.5) is 0 Å².